The Hall–Kier alpha value is -4.90. The standard InChI is InChI=1S/C35H37N5O3/c1-22(2)18-30(34(42)40-21-25(19-26(40)20-36)33(41)38-28-16-10-8-12-23(28)3)39(4)35(43)32-31(24-13-6-5-7-14-24)27-15-9-11-17-29(27)37-32/h5-17,22,25-26,30,37H,18-19,21H2,1-4H3,(H,38,41). The van der Waals surface area contributed by atoms with Crippen molar-refractivity contribution >= 4 is 34.3 Å². The van der Waals surface area contributed by atoms with Crippen molar-refractivity contribution in [2.45, 2.75) is 45.7 Å². The summed E-state index contributed by atoms with van der Waals surface area (Å²) in [5.74, 6) is -1.29. The van der Waals surface area contributed by atoms with Gasteiger partial charge in [0.25, 0.3) is 5.91 Å². The first-order valence-electron chi connectivity index (χ1n) is 14.7. The number of rotatable bonds is 8. The minimum Gasteiger partial charge on any atom is -0.350 e. The van der Waals surface area contributed by atoms with Gasteiger partial charge in [-0.05, 0) is 48.9 Å². The monoisotopic (exact) mass is 575 g/mol. The van der Waals surface area contributed by atoms with Crippen molar-refractivity contribution in [3.63, 3.8) is 0 Å². The highest BCUT2D eigenvalue weighted by Gasteiger charge is 2.43. The summed E-state index contributed by atoms with van der Waals surface area (Å²) in [7, 11) is 1.65. The number of nitrogens with one attached hydrogen (secondary N) is 2. The molecular formula is C35H37N5O3. The third kappa shape index (κ3) is 6.02. The Balaban J connectivity index is 1.43. The maximum Gasteiger partial charge on any atom is 0.271 e. The number of aryl methyl sites for hydroxylation is 1. The molecule has 43 heavy (non-hydrogen) atoms. The molecule has 1 saturated heterocycles. The van der Waals surface area contributed by atoms with Gasteiger partial charge in [-0.25, -0.2) is 0 Å². The van der Waals surface area contributed by atoms with E-state index in [2.05, 4.69) is 16.4 Å². The number of carbonyl (C=O) groups excluding carboxylic acids is 3. The van der Waals surface area contributed by atoms with Crippen LogP contribution < -0.4 is 5.32 Å². The van der Waals surface area contributed by atoms with Crippen molar-refractivity contribution in [1.82, 2.24) is 14.8 Å². The van der Waals surface area contributed by atoms with Crippen LogP contribution in [0, 0.1) is 30.1 Å². The van der Waals surface area contributed by atoms with E-state index in [0.29, 0.717) is 17.8 Å². The van der Waals surface area contributed by atoms with E-state index in [0.717, 1.165) is 27.6 Å². The van der Waals surface area contributed by atoms with E-state index in [1.807, 2.05) is 99.6 Å². The molecule has 1 aliphatic rings. The van der Waals surface area contributed by atoms with Gasteiger partial charge in [0.15, 0.2) is 0 Å². The maximum atomic E-state index is 14.2. The minimum atomic E-state index is -0.809. The van der Waals surface area contributed by atoms with Gasteiger partial charge in [-0.3, -0.25) is 14.4 Å². The molecule has 5 rings (SSSR count). The van der Waals surface area contributed by atoms with Gasteiger partial charge in [0.05, 0.1) is 12.0 Å². The number of amides is 3. The Kier molecular flexibility index (Phi) is 8.63. The van der Waals surface area contributed by atoms with E-state index < -0.39 is 18.0 Å². The quantitative estimate of drug-likeness (QED) is 0.268. The summed E-state index contributed by atoms with van der Waals surface area (Å²) in [6.07, 6.45) is 0.656. The highest BCUT2D eigenvalue weighted by atomic mass is 16.2. The van der Waals surface area contributed by atoms with Crippen molar-refractivity contribution < 1.29 is 14.4 Å². The number of hydrogen-bond donors (Lipinski definition) is 2. The molecule has 3 aromatic carbocycles. The van der Waals surface area contributed by atoms with Crippen molar-refractivity contribution in [3.05, 3.63) is 90.1 Å². The van der Waals surface area contributed by atoms with E-state index in [9.17, 15) is 19.6 Å². The summed E-state index contributed by atoms with van der Waals surface area (Å²) in [5, 5.41) is 13.9. The number of likely N-dealkylation sites (tertiary alicyclic amines) is 1. The Morgan fingerprint density at radius 2 is 1.70 bits per heavy atom. The van der Waals surface area contributed by atoms with Crippen molar-refractivity contribution in [1.29, 1.82) is 5.26 Å². The smallest absolute Gasteiger partial charge is 0.271 e. The van der Waals surface area contributed by atoms with E-state index in [1.165, 1.54) is 9.80 Å². The van der Waals surface area contributed by atoms with Gasteiger partial charge in [0.1, 0.15) is 17.8 Å². The molecule has 0 bridgehead atoms. The second kappa shape index (κ2) is 12.5. The number of anilines is 1. The molecule has 3 unspecified atom stereocenters. The summed E-state index contributed by atoms with van der Waals surface area (Å²) in [5.41, 5.74) is 4.56. The minimum absolute atomic E-state index is 0.101. The first kappa shape index (κ1) is 29.6. The van der Waals surface area contributed by atoms with Crippen LogP contribution in [0.3, 0.4) is 0 Å². The van der Waals surface area contributed by atoms with Gasteiger partial charge in [0, 0.05) is 35.7 Å². The fourth-order valence-corrected chi connectivity index (χ4v) is 5.93. The molecule has 8 nitrogen and oxygen atoms in total. The number of fused-ring (bicyclic) bond motifs is 1. The lowest BCUT2D eigenvalue weighted by Gasteiger charge is -2.33. The molecular weight excluding hydrogens is 538 g/mol. The van der Waals surface area contributed by atoms with Crippen molar-refractivity contribution in [3.8, 4) is 17.2 Å². The Bertz CT molecular complexity index is 1690. The number of nitriles is 1. The average molecular weight is 576 g/mol. The molecule has 8 heteroatoms. The number of likely N-dealkylation sites (N-methyl/N-ethyl adjacent to an activating group) is 1. The molecule has 2 heterocycles. The Labute approximate surface area is 252 Å². The maximum absolute atomic E-state index is 14.2. The molecule has 4 aromatic rings. The third-order valence-electron chi connectivity index (χ3n) is 8.26. The largest absolute Gasteiger partial charge is 0.350 e. The highest BCUT2D eigenvalue weighted by Crippen LogP contribution is 2.34. The zero-order valence-corrected chi connectivity index (χ0v) is 25.0. The van der Waals surface area contributed by atoms with Gasteiger partial charge in [-0.1, -0.05) is 80.6 Å². The number of benzene rings is 3. The van der Waals surface area contributed by atoms with E-state index >= 15 is 0 Å². The number of aromatic nitrogens is 1. The lowest BCUT2D eigenvalue weighted by atomic mass is 9.98. The topological polar surface area (TPSA) is 109 Å². The van der Waals surface area contributed by atoms with Crippen LogP contribution in [0.4, 0.5) is 5.69 Å². The third-order valence-corrected chi connectivity index (χ3v) is 8.26. The summed E-state index contributed by atoms with van der Waals surface area (Å²) in [6.45, 7) is 6.03. The van der Waals surface area contributed by atoms with Crippen LogP contribution in [-0.2, 0) is 9.59 Å². The molecule has 3 amide bonds. The average Bonchev–Trinajstić information content (AvgIpc) is 3.63. The van der Waals surface area contributed by atoms with E-state index in [-0.39, 0.29) is 36.6 Å². The predicted octanol–water partition coefficient (Wildman–Crippen LogP) is 6.01. The summed E-state index contributed by atoms with van der Waals surface area (Å²) in [4.78, 5) is 47.9. The number of H-pyrrole nitrogens is 1. The summed E-state index contributed by atoms with van der Waals surface area (Å²) < 4.78 is 0. The van der Waals surface area contributed by atoms with Crippen LogP contribution in [0.5, 0.6) is 0 Å². The summed E-state index contributed by atoms with van der Waals surface area (Å²) in [6, 6.07) is 25.6. The van der Waals surface area contributed by atoms with Gasteiger partial charge >= 0.3 is 0 Å². The van der Waals surface area contributed by atoms with Gasteiger partial charge in [-0.2, -0.15) is 5.26 Å². The molecule has 3 atom stereocenters. The van der Waals surface area contributed by atoms with Crippen molar-refractivity contribution in [2.24, 2.45) is 11.8 Å². The second-order valence-electron chi connectivity index (χ2n) is 11.7. The number of nitrogens with zero attached hydrogens (tertiary/aromatic N) is 3. The molecule has 2 N–H and O–H groups in total. The zero-order valence-electron chi connectivity index (χ0n) is 25.0. The Morgan fingerprint density at radius 3 is 2.40 bits per heavy atom. The van der Waals surface area contributed by atoms with Crippen LogP contribution in [-0.4, -0.2) is 58.2 Å². The Morgan fingerprint density at radius 1 is 1.02 bits per heavy atom. The molecule has 1 aliphatic heterocycles. The first-order valence-corrected chi connectivity index (χ1v) is 14.7. The predicted molar refractivity (Wildman–Crippen MR) is 168 cm³/mol. The fourth-order valence-electron chi connectivity index (χ4n) is 5.93. The highest BCUT2D eigenvalue weighted by molar-refractivity contribution is 6.10. The SMILES string of the molecule is Cc1ccccc1NC(=O)C1CC(C#N)N(C(=O)C(CC(C)C)N(C)C(=O)c2[nH]c3ccccc3c2-c2ccccc2)C1. The lowest BCUT2D eigenvalue weighted by Crippen LogP contribution is -2.51. The van der Waals surface area contributed by atoms with Crippen LogP contribution in [0.25, 0.3) is 22.0 Å². The van der Waals surface area contributed by atoms with Crippen molar-refractivity contribution in [2.75, 3.05) is 18.9 Å². The fraction of sp³-hybridized carbons (Fsp3) is 0.314. The number of hydrogen-bond acceptors (Lipinski definition) is 4. The molecule has 1 fully saturated rings. The lowest BCUT2D eigenvalue weighted by molar-refractivity contribution is -0.136. The van der Waals surface area contributed by atoms with Crippen LogP contribution >= 0.6 is 0 Å². The van der Waals surface area contributed by atoms with Gasteiger partial charge in [0.2, 0.25) is 11.8 Å². The second-order valence-corrected chi connectivity index (χ2v) is 11.7. The van der Waals surface area contributed by atoms with Gasteiger partial charge < -0.3 is 20.1 Å². The number of para-hydroxylation sites is 2. The summed E-state index contributed by atoms with van der Waals surface area (Å²) >= 11 is 0. The molecule has 1 aromatic heterocycles. The van der Waals surface area contributed by atoms with Crippen LogP contribution in [0.1, 0.15) is 42.7 Å². The normalized spacial score (nSPS) is 17.1. The van der Waals surface area contributed by atoms with Crippen LogP contribution in [0.2, 0.25) is 0 Å². The zero-order chi connectivity index (χ0) is 30.7. The van der Waals surface area contributed by atoms with E-state index in [4.69, 9.17) is 0 Å². The molecule has 220 valence electrons. The first-order chi connectivity index (χ1) is 20.7. The van der Waals surface area contributed by atoms with Gasteiger partial charge in [-0.15, -0.1) is 0 Å². The number of carbonyl (C=O) groups is 3. The molecule has 0 aliphatic carbocycles. The molecule has 0 saturated carbocycles. The molecule has 0 radical (unpaired) electrons. The van der Waals surface area contributed by atoms with E-state index in [1.54, 1.807) is 7.05 Å². The molecule has 0 spiro atoms. The number of aromatic amines is 1. The van der Waals surface area contributed by atoms with Crippen LogP contribution in [0.15, 0.2) is 78.9 Å².